The molecule has 0 aliphatic carbocycles. The molecule has 0 unspecified atom stereocenters. The van der Waals surface area contributed by atoms with Crippen LogP contribution in [-0.2, 0) is 10.0 Å². The van der Waals surface area contributed by atoms with Gasteiger partial charge in [0, 0.05) is 44.1 Å². The van der Waals surface area contributed by atoms with Gasteiger partial charge in [-0.1, -0.05) is 18.5 Å². The lowest BCUT2D eigenvalue weighted by atomic mass is 9.99. The van der Waals surface area contributed by atoms with Crippen molar-refractivity contribution in [3.8, 4) is 0 Å². The van der Waals surface area contributed by atoms with E-state index in [0.717, 1.165) is 29.0 Å². The van der Waals surface area contributed by atoms with Crippen LogP contribution in [0.15, 0.2) is 47.4 Å². The average molecular weight is 436 g/mol. The van der Waals surface area contributed by atoms with Crippen molar-refractivity contribution in [3.63, 3.8) is 0 Å². The second-order valence-electron chi connectivity index (χ2n) is 7.60. The van der Waals surface area contributed by atoms with Gasteiger partial charge in [0.25, 0.3) is 5.91 Å². The highest BCUT2D eigenvalue weighted by atomic mass is 35.5. The third-order valence-electron chi connectivity index (χ3n) is 5.23. The fourth-order valence-electron chi connectivity index (χ4n) is 3.26. The summed E-state index contributed by atoms with van der Waals surface area (Å²) >= 11 is 6.05. The van der Waals surface area contributed by atoms with E-state index in [-0.39, 0.29) is 15.5 Å². The monoisotopic (exact) mass is 435 g/mol. The minimum absolute atomic E-state index is 0.0791. The van der Waals surface area contributed by atoms with E-state index in [2.05, 4.69) is 17.1 Å². The molecule has 3 rings (SSSR count). The number of hydrogen-bond donors (Lipinski definition) is 1. The van der Waals surface area contributed by atoms with Crippen LogP contribution in [0.4, 0.5) is 11.4 Å². The lowest BCUT2D eigenvalue weighted by molar-refractivity contribution is 0.102. The molecule has 8 heteroatoms. The maximum atomic E-state index is 12.6. The molecule has 1 N–H and O–H groups in total. The molecule has 1 aliphatic heterocycles. The van der Waals surface area contributed by atoms with E-state index in [1.807, 2.05) is 24.3 Å². The summed E-state index contributed by atoms with van der Waals surface area (Å²) in [5, 5.41) is 2.89. The predicted molar refractivity (Wildman–Crippen MR) is 117 cm³/mol. The van der Waals surface area contributed by atoms with Crippen molar-refractivity contribution in [3.05, 3.63) is 53.1 Å². The van der Waals surface area contributed by atoms with Gasteiger partial charge in [-0.3, -0.25) is 4.79 Å². The first-order valence-electron chi connectivity index (χ1n) is 9.57. The predicted octanol–water partition coefficient (Wildman–Crippen LogP) is 4.08. The molecule has 1 fully saturated rings. The molecule has 2 aromatic rings. The molecule has 0 atom stereocenters. The van der Waals surface area contributed by atoms with Crippen LogP contribution in [0, 0.1) is 5.92 Å². The molecule has 156 valence electrons. The fourth-order valence-corrected chi connectivity index (χ4v) is 4.66. The summed E-state index contributed by atoms with van der Waals surface area (Å²) in [6.45, 7) is 4.36. The Hall–Kier alpha value is -2.09. The Morgan fingerprint density at radius 2 is 1.72 bits per heavy atom. The van der Waals surface area contributed by atoms with Gasteiger partial charge >= 0.3 is 0 Å². The molecule has 1 amide bonds. The van der Waals surface area contributed by atoms with Gasteiger partial charge in [0.2, 0.25) is 10.0 Å². The summed E-state index contributed by atoms with van der Waals surface area (Å²) in [6.07, 6.45) is 2.38. The molecule has 0 radical (unpaired) electrons. The first kappa shape index (κ1) is 21.6. The standard InChI is InChI=1S/C21H26ClN3O3S/c1-15-10-12-25(13-11-15)18-7-5-17(6-8-18)23-21(26)16-4-9-19(22)20(14-16)29(27,28)24(2)3/h4-9,14-15H,10-13H2,1-3H3,(H,23,26). The summed E-state index contributed by atoms with van der Waals surface area (Å²) < 4.78 is 25.9. The molecular weight excluding hydrogens is 410 g/mol. The van der Waals surface area contributed by atoms with E-state index in [1.165, 1.54) is 45.1 Å². The van der Waals surface area contributed by atoms with Crippen LogP contribution >= 0.6 is 11.6 Å². The Morgan fingerprint density at radius 1 is 1.10 bits per heavy atom. The lowest BCUT2D eigenvalue weighted by Gasteiger charge is -2.32. The van der Waals surface area contributed by atoms with Crippen molar-refractivity contribution < 1.29 is 13.2 Å². The molecule has 1 heterocycles. The SMILES string of the molecule is CC1CCN(c2ccc(NC(=O)c3ccc(Cl)c(S(=O)(=O)N(C)C)c3)cc2)CC1. The molecule has 2 aromatic carbocycles. The Balaban J connectivity index is 1.74. The third-order valence-corrected chi connectivity index (χ3v) is 7.52. The molecule has 0 bridgehead atoms. The highest BCUT2D eigenvalue weighted by Crippen LogP contribution is 2.26. The zero-order valence-electron chi connectivity index (χ0n) is 16.9. The Kier molecular flexibility index (Phi) is 6.51. The number of piperidine rings is 1. The van der Waals surface area contributed by atoms with Crippen molar-refractivity contribution in [1.82, 2.24) is 4.31 Å². The van der Waals surface area contributed by atoms with Gasteiger partial charge in [-0.2, -0.15) is 0 Å². The van der Waals surface area contributed by atoms with Crippen molar-refractivity contribution in [2.75, 3.05) is 37.4 Å². The first-order valence-corrected chi connectivity index (χ1v) is 11.4. The summed E-state index contributed by atoms with van der Waals surface area (Å²) in [7, 11) is -0.903. The van der Waals surface area contributed by atoms with Crippen LogP contribution in [0.3, 0.4) is 0 Å². The van der Waals surface area contributed by atoms with Crippen LogP contribution in [-0.4, -0.2) is 45.8 Å². The number of carbonyl (C=O) groups excluding carboxylic acids is 1. The zero-order valence-corrected chi connectivity index (χ0v) is 18.4. The maximum absolute atomic E-state index is 12.6. The van der Waals surface area contributed by atoms with Crippen molar-refractivity contribution in [1.29, 1.82) is 0 Å². The number of anilines is 2. The van der Waals surface area contributed by atoms with E-state index in [1.54, 1.807) is 0 Å². The van der Waals surface area contributed by atoms with Gasteiger partial charge in [0.15, 0.2) is 0 Å². The van der Waals surface area contributed by atoms with E-state index in [4.69, 9.17) is 11.6 Å². The van der Waals surface area contributed by atoms with Gasteiger partial charge in [-0.05, 0) is 61.2 Å². The number of hydrogen-bond acceptors (Lipinski definition) is 4. The number of halogens is 1. The van der Waals surface area contributed by atoms with E-state index >= 15 is 0 Å². The fraction of sp³-hybridized carbons (Fsp3) is 0.381. The molecule has 6 nitrogen and oxygen atoms in total. The van der Waals surface area contributed by atoms with Gasteiger partial charge in [0.05, 0.1) is 5.02 Å². The van der Waals surface area contributed by atoms with Crippen LogP contribution in [0.25, 0.3) is 0 Å². The average Bonchev–Trinajstić information content (AvgIpc) is 2.69. The number of benzene rings is 2. The van der Waals surface area contributed by atoms with Gasteiger partial charge in [-0.25, -0.2) is 12.7 Å². The number of amides is 1. The van der Waals surface area contributed by atoms with E-state index in [0.29, 0.717) is 5.69 Å². The van der Waals surface area contributed by atoms with Gasteiger partial charge in [-0.15, -0.1) is 0 Å². The number of nitrogens with zero attached hydrogens (tertiary/aromatic N) is 2. The minimum atomic E-state index is -3.74. The summed E-state index contributed by atoms with van der Waals surface area (Å²) in [5.41, 5.74) is 2.01. The molecule has 0 aromatic heterocycles. The van der Waals surface area contributed by atoms with Gasteiger partial charge in [0.1, 0.15) is 4.90 Å². The topological polar surface area (TPSA) is 69.7 Å². The molecule has 1 saturated heterocycles. The Morgan fingerprint density at radius 3 is 2.31 bits per heavy atom. The zero-order chi connectivity index (χ0) is 21.2. The third kappa shape index (κ3) is 4.91. The first-order chi connectivity index (χ1) is 13.7. The van der Waals surface area contributed by atoms with Crippen LogP contribution in [0.2, 0.25) is 5.02 Å². The van der Waals surface area contributed by atoms with E-state index in [9.17, 15) is 13.2 Å². The maximum Gasteiger partial charge on any atom is 0.255 e. The second kappa shape index (κ2) is 8.73. The van der Waals surface area contributed by atoms with Crippen LogP contribution in [0.5, 0.6) is 0 Å². The Bertz CT molecular complexity index is 983. The molecule has 0 saturated carbocycles. The van der Waals surface area contributed by atoms with E-state index < -0.39 is 15.9 Å². The molecule has 29 heavy (non-hydrogen) atoms. The second-order valence-corrected chi connectivity index (χ2v) is 10.1. The summed E-state index contributed by atoms with van der Waals surface area (Å²) in [6, 6.07) is 11.9. The van der Waals surface area contributed by atoms with Gasteiger partial charge < -0.3 is 10.2 Å². The smallest absolute Gasteiger partial charge is 0.255 e. The number of carbonyl (C=O) groups is 1. The highest BCUT2D eigenvalue weighted by molar-refractivity contribution is 7.89. The largest absolute Gasteiger partial charge is 0.372 e. The summed E-state index contributed by atoms with van der Waals surface area (Å²) in [5.74, 6) is 0.377. The van der Waals surface area contributed by atoms with Crippen LogP contribution < -0.4 is 10.2 Å². The van der Waals surface area contributed by atoms with Crippen molar-refractivity contribution >= 4 is 38.9 Å². The summed E-state index contributed by atoms with van der Waals surface area (Å²) in [4.78, 5) is 14.9. The number of rotatable bonds is 5. The highest BCUT2D eigenvalue weighted by Gasteiger charge is 2.22. The minimum Gasteiger partial charge on any atom is -0.372 e. The molecule has 1 aliphatic rings. The number of nitrogens with one attached hydrogen (secondary N) is 1. The van der Waals surface area contributed by atoms with Crippen molar-refractivity contribution in [2.24, 2.45) is 5.92 Å². The molecular formula is C21H26ClN3O3S. The van der Waals surface area contributed by atoms with Crippen molar-refractivity contribution in [2.45, 2.75) is 24.7 Å². The lowest BCUT2D eigenvalue weighted by Crippen LogP contribution is -2.32. The normalized spacial score (nSPS) is 15.6. The number of sulfonamides is 1. The van der Waals surface area contributed by atoms with Crippen LogP contribution in [0.1, 0.15) is 30.1 Å². The molecule has 0 spiro atoms. The quantitative estimate of drug-likeness (QED) is 0.768. The Labute approximate surface area is 177 Å².